The standard InChI is InChI=1S/C20H17ClFNO3S/c1-12(2)23-19(24)18(27-20(23)25)10-14-5-8-17(16(21)9-14)26-11-13-3-6-15(22)7-4-13/h3-10,12H,11H2,1-2H3/b18-10-. The molecule has 1 fully saturated rings. The summed E-state index contributed by atoms with van der Waals surface area (Å²) in [4.78, 5) is 25.9. The largest absolute Gasteiger partial charge is 0.487 e. The van der Waals surface area contributed by atoms with Crippen molar-refractivity contribution in [1.29, 1.82) is 0 Å². The minimum atomic E-state index is -0.303. The van der Waals surface area contributed by atoms with E-state index in [9.17, 15) is 14.0 Å². The maximum absolute atomic E-state index is 12.9. The molecule has 4 nitrogen and oxygen atoms in total. The number of hydrogen-bond acceptors (Lipinski definition) is 4. The van der Waals surface area contributed by atoms with Gasteiger partial charge in [-0.15, -0.1) is 0 Å². The molecule has 1 heterocycles. The van der Waals surface area contributed by atoms with Crippen molar-refractivity contribution < 1.29 is 18.7 Å². The van der Waals surface area contributed by atoms with E-state index in [-0.39, 0.29) is 29.6 Å². The van der Waals surface area contributed by atoms with Crippen LogP contribution in [-0.2, 0) is 11.4 Å². The van der Waals surface area contributed by atoms with Gasteiger partial charge in [0.2, 0.25) is 0 Å². The summed E-state index contributed by atoms with van der Waals surface area (Å²) >= 11 is 7.18. The predicted molar refractivity (Wildman–Crippen MR) is 105 cm³/mol. The lowest BCUT2D eigenvalue weighted by Crippen LogP contribution is -2.34. The predicted octanol–water partition coefficient (Wildman–Crippen LogP) is 5.50. The number of nitrogens with zero attached hydrogens (tertiary/aromatic N) is 1. The molecule has 0 saturated carbocycles. The number of thioether (sulfide) groups is 1. The van der Waals surface area contributed by atoms with Crippen LogP contribution in [0.15, 0.2) is 47.4 Å². The highest BCUT2D eigenvalue weighted by Crippen LogP contribution is 2.34. The maximum Gasteiger partial charge on any atom is 0.293 e. The molecule has 1 aliphatic heterocycles. The zero-order chi connectivity index (χ0) is 19.6. The van der Waals surface area contributed by atoms with Crippen molar-refractivity contribution >= 4 is 40.6 Å². The summed E-state index contributed by atoms with van der Waals surface area (Å²) in [7, 11) is 0. The first-order chi connectivity index (χ1) is 12.8. The Kier molecular flexibility index (Phi) is 5.87. The topological polar surface area (TPSA) is 46.6 Å². The van der Waals surface area contributed by atoms with E-state index in [0.29, 0.717) is 21.2 Å². The van der Waals surface area contributed by atoms with Crippen LogP contribution < -0.4 is 4.74 Å². The van der Waals surface area contributed by atoms with Gasteiger partial charge in [0, 0.05) is 6.04 Å². The Balaban J connectivity index is 1.72. The molecule has 0 spiro atoms. The maximum atomic E-state index is 12.9. The molecule has 140 valence electrons. The van der Waals surface area contributed by atoms with Crippen LogP contribution in [0.2, 0.25) is 5.02 Å². The first-order valence-electron chi connectivity index (χ1n) is 8.29. The fourth-order valence-electron chi connectivity index (χ4n) is 2.54. The van der Waals surface area contributed by atoms with E-state index in [1.54, 1.807) is 50.3 Å². The van der Waals surface area contributed by atoms with Gasteiger partial charge in [-0.2, -0.15) is 0 Å². The number of rotatable bonds is 5. The Morgan fingerprint density at radius 2 is 1.89 bits per heavy atom. The van der Waals surface area contributed by atoms with Crippen LogP contribution in [0.5, 0.6) is 5.75 Å². The normalized spacial score (nSPS) is 15.9. The molecule has 2 amide bonds. The highest BCUT2D eigenvalue weighted by Gasteiger charge is 2.36. The van der Waals surface area contributed by atoms with E-state index in [4.69, 9.17) is 16.3 Å². The summed E-state index contributed by atoms with van der Waals surface area (Å²) in [5.41, 5.74) is 1.52. The van der Waals surface area contributed by atoms with Gasteiger partial charge in [0.15, 0.2) is 0 Å². The van der Waals surface area contributed by atoms with Gasteiger partial charge >= 0.3 is 0 Å². The summed E-state index contributed by atoms with van der Waals surface area (Å²) in [6.07, 6.45) is 1.64. The molecule has 0 aromatic heterocycles. The molecule has 0 atom stereocenters. The molecule has 2 aromatic rings. The Bertz CT molecular complexity index is 912. The molecule has 2 aromatic carbocycles. The molecule has 7 heteroatoms. The number of halogens is 2. The van der Waals surface area contributed by atoms with E-state index in [2.05, 4.69) is 0 Å². The van der Waals surface area contributed by atoms with Crippen molar-refractivity contribution in [3.8, 4) is 5.75 Å². The smallest absolute Gasteiger partial charge is 0.293 e. The van der Waals surface area contributed by atoms with Crippen molar-refractivity contribution in [3.05, 3.63) is 69.3 Å². The average Bonchev–Trinajstić information content (AvgIpc) is 2.89. The van der Waals surface area contributed by atoms with Crippen LogP contribution >= 0.6 is 23.4 Å². The van der Waals surface area contributed by atoms with Gasteiger partial charge in [0.25, 0.3) is 11.1 Å². The molecule has 0 radical (unpaired) electrons. The minimum Gasteiger partial charge on any atom is -0.487 e. The van der Waals surface area contributed by atoms with E-state index < -0.39 is 0 Å². The number of benzene rings is 2. The summed E-state index contributed by atoms with van der Waals surface area (Å²) < 4.78 is 18.6. The first kappa shape index (κ1) is 19.5. The Morgan fingerprint density at radius 3 is 2.48 bits per heavy atom. The Morgan fingerprint density at radius 1 is 1.19 bits per heavy atom. The van der Waals surface area contributed by atoms with Crippen molar-refractivity contribution in [3.63, 3.8) is 0 Å². The molecule has 1 aliphatic rings. The fraction of sp³-hybridized carbons (Fsp3) is 0.200. The summed E-state index contributed by atoms with van der Waals surface area (Å²) in [5.74, 6) is -0.121. The molecule has 1 saturated heterocycles. The first-order valence-corrected chi connectivity index (χ1v) is 9.48. The monoisotopic (exact) mass is 405 g/mol. The third-order valence-corrected chi connectivity index (χ3v) is 5.08. The van der Waals surface area contributed by atoms with Crippen molar-refractivity contribution in [2.45, 2.75) is 26.5 Å². The molecular formula is C20H17ClFNO3S. The second-order valence-electron chi connectivity index (χ2n) is 6.25. The Hall–Kier alpha value is -2.31. The molecule has 27 heavy (non-hydrogen) atoms. The molecule has 0 unspecified atom stereocenters. The zero-order valence-electron chi connectivity index (χ0n) is 14.7. The van der Waals surface area contributed by atoms with Crippen molar-refractivity contribution in [2.75, 3.05) is 0 Å². The lowest BCUT2D eigenvalue weighted by molar-refractivity contribution is -0.123. The van der Waals surface area contributed by atoms with Gasteiger partial charge in [-0.1, -0.05) is 29.8 Å². The van der Waals surface area contributed by atoms with Crippen molar-refractivity contribution in [1.82, 2.24) is 4.90 Å². The number of hydrogen-bond donors (Lipinski definition) is 0. The van der Waals surface area contributed by atoms with Crippen LogP contribution in [0, 0.1) is 5.82 Å². The van der Waals surface area contributed by atoms with Crippen molar-refractivity contribution in [2.24, 2.45) is 0 Å². The summed E-state index contributed by atoms with van der Waals surface area (Å²) in [6, 6.07) is 11.0. The number of ether oxygens (including phenoxy) is 1. The average molecular weight is 406 g/mol. The minimum absolute atomic E-state index is 0.186. The molecule has 0 bridgehead atoms. The zero-order valence-corrected chi connectivity index (χ0v) is 16.3. The second-order valence-corrected chi connectivity index (χ2v) is 7.65. The van der Waals surface area contributed by atoms with Crippen LogP contribution in [0.25, 0.3) is 6.08 Å². The van der Waals surface area contributed by atoms with Crippen LogP contribution in [0.4, 0.5) is 9.18 Å². The highest BCUT2D eigenvalue weighted by molar-refractivity contribution is 8.18. The highest BCUT2D eigenvalue weighted by atomic mass is 35.5. The van der Waals surface area contributed by atoms with Gasteiger partial charge < -0.3 is 4.74 Å². The SMILES string of the molecule is CC(C)N1C(=O)S/C(=C\c2ccc(OCc3ccc(F)cc3)c(Cl)c2)C1=O. The Labute approximate surface area is 166 Å². The number of carbonyl (C=O) groups excluding carboxylic acids is 2. The number of imide groups is 1. The van der Waals surface area contributed by atoms with Gasteiger partial charge in [0.05, 0.1) is 9.93 Å². The third kappa shape index (κ3) is 4.51. The molecular weight excluding hydrogens is 389 g/mol. The van der Waals surface area contributed by atoms with Gasteiger partial charge in [-0.3, -0.25) is 14.5 Å². The van der Waals surface area contributed by atoms with Crippen LogP contribution in [0.3, 0.4) is 0 Å². The van der Waals surface area contributed by atoms with Gasteiger partial charge in [-0.25, -0.2) is 4.39 Å². The third-order valence-electron chi connectivity index (χ3n) is 3.90. The summed E-state index contributed by atoms with van der Waals surface area (Å²) in [5, 5.41) is 0.112. The number of amides is 2. The van der Waals surface area contributed by atoms with E-state index >= 15 is 0 Å². The fourth-order valence-corrected chi connectivity index (χ4v) is 3.75. The number of carbonyl (C=O) groups is 2. The molecule has 0 aliphatic carbocycles. The summed E-state index contributed by atoms with van der Waals surface area (Å²) in [6.45, 7) is 3.85. The molecule has 3 rings (SSSR count). The van der Waals surface area contributed by atoms with Gasteiger partial charge in [0.1, 0.15) is 18.2 Å². The van der Waals surface area contributed by atoms with E-state index in [1.807, 2.05) is 0 Å². The van der Waals surface area contributed by atoms with Gasteiger partial charge in [-0.05, 0) is 67.1 Å². The lowest BCUT2D eigenvalue weighted by Gasteiger charge is -2.16. The van der Waals surface area contributed by atoms with Crippen LogP contribution in [-0.4, -0.2) is 22.1 Å². The molecule has 0 N–H and O–H groups in total. The lowest BCUT2D eigenvalue weighted by atomic mass is 10.2. The second kappa shape index (κ2) is 8.15. The van der Waals surface area contributed by atoms with Crippen LogP contribution in [0.1, 0.15) is 25.0 Å². The van der Waals surface area contributed by atoms with E-state index in [0.717, 1.165) is 17.3 Å². The van der Waals surface area contributed by atoms with E-state index in [1.165, 1.54) is 17.0 Å². The quantitative estimate of drug-likeness (QED) is 0.616.